The van der Waals surface area contributed by atoms with Gasteiger partial charge in [-0.3, -0.25) is 0 Å². The molecule has 2 aromatic carbocycles. The molecule has 1 fully saturated rings. The Labute approximate surface area is 186 Å². The van der Waals surface area contributed by atoms with Crippen LogP contribution in [0.5, 0.6) is 0 Å². The van der Waals surface area contributed by atoms with Crippen molar-refractivity contribution < 1.29 is 9.53 Å². The van der Waals surface area contributed by atoms with Gasteiger partial charge in [0, 0.05) is 43.6 Å². The Balaban J connectivity index is 1.59. The van der Waals surface area contributed by atoms with Crippen LogP contribution in [-0.2, 0) is 4.74 Å². The minimum absolute atomic E-state index is 0.250. The highest BCUT2D eigenvalue weighted by Crippen LogP contribution is 2.36. The Kier molecular flexibility index (Phi) is 5.46. The maximum Gasteiger partial charge on any atom is 0.409 e. The van der Waals surface area contributed by atoms with Crippen molar-refractivity contribution >= 4 is 22.9 Å². The largest absolute Gasteiger partial charge is 0.450 e. The van der Waals surface area contributed by atoms with E-state index in [4.69, 9.17) is 9.72 Å². The van der Waals surface area contributed by atoms with Gasteiger partial charge in [0.05, 0.1) is 12.0 Å². The Morgan fingerprint density at radius 2 is 1.62 bits per heavy atom. The van der Waals surface area contributed by atoms with Crippen LogP contribution in [0.2, 0.25) is 0 Å². The van der Waals surface area contributed by atoms with Crippen LogP contribution >= 0.6 is 0 Å². The third kappa shape index (κ3) is 3.66. The zero-order valence-electron chi connectivity index (χ0n) is 18.0. The van der Waals surface area contributed by atoms with Gasteiger partial charge in [-0.05, 0) is 24.6 Å². The van der Waals surface area contributed by atoms with Crippen molar-refractivity contribution in [3.8, 4) is 16.8 Å². The summed E-state index contributed by atoms with van der Waals surface area (Å²) in [6.07, 6.45) is 3.52. The van der Waals surface area contributed by atoms with Gasteiger partial charge in [-0.25, -0.2) is 14.8 Å². The molecule has 1 aliphatic heterocycles. The zero-order chi connectivity index (χ0) is 21.9. The second-order valence-corrected chi connectivity index (χ2v) is 7.68. The number of amides is 1. The van der Waals surface area contributed by atoms with E-state index in [-0.39, 0.29) is 6.09 Å². The molecular weight excluding hydrogens is 402 g/mol. The molecule has 0 N–H and O–H groups in total. The monoisotopic (exact) mass is 427 g/mol. The quantitative estimate of drug-likeness (QED) is 0.484. The van der Waals surface area contributed by atoms with Crippen molar-refractivity contribution in [3.05, 3.63) is 73.2 Å². The van der Waals surface area contributed by atoms with Crippen LogP contribution < -0.4 is 4.90 Å². The van der Waals surface area contributed by atoms with E-state index in [1.165, 1.54) is 0 Å². The number of carbonyl (C=O) groups is 1. The van der Waals surface area contributed by atoms with Gasteiger partial charge in [-0.2, -0.15) is 0 Å². The first-order valence-corrected chi connectivity index (χ1v) is 10.9. The fraction of sp³-hybridized carbons (Fsp3) is 0.240. The van der Waals surface area contributed by atoms with Crippen LogP contribution in [0.4, 0.5) is 10.6 Å². The summed E-state index contributed by atoms with van der Waals surface area (Å²) < 4.78 is 7.28. The van der Waals surface area contributed by atoms with E-state index in [1.807, 2.05) is 43.3 Å². The van der Waals surface area contributed by atoms with Crippen molar-refractivity contribution in [2.75, 3.05) is 37.7 Å². The number of hydrogen-bond acceptors (Lipinski definition) is 5. The lowest BCUT2D eigenvalue weighted by Gasteiger charge is -2.35. The number of anilines is 1. The maximum atomic E-state index is 12.1. The van der Waals surface area contributed by atoms with Crippen LogP contribution in [0.15, 0.2) is 73.2 Å². The van der Waals surface area contributed by atoms with Gasteiger partial charge in [0.25, 0.3) is 0 Å². The Morgan fingerprint density at radius 1 is 0.938 bits per heavy atom. The molecule has 32 heavy (non-hydrogen) atoms. The van der Waals surface area contributed by atoms with Gasteiger partial charge >= 0.3 is 6.09 Å². The number of hydrogen-bond donors (Lipinski definition) is 0. The normalized spacial score (nSPS) is 14.0. The number of aromatic nitrogens is 3. The lowest BCUT2D eigenvalue weighted by molar-refractivity contribution is 0.105. The summed E-state index contributed by atoms with van der Waals surface area (Å²) in [4.78, 5) is 25.5. The van der Waals surface area contributed by atoms with E-state index in [0.29, 0.717) is 32.8 Å². The molecule has 0 saturated carbocycles. The number of para-hydroxylation sites is 1. The van der Waals surface area contributed by atoms with Crippen LogP contribution in [-0.4, -0.2) is 58.3 Å². The molecule has 1 amide bonds. The molecule has 5 rings (SSSR count). The van der Waals surface area contributed by atoms with Crippen molar-refractivity contribution in [1.29, 1.82) is 0 Å². The molecule has 0 radical (unpaired) electrons. The predicted octanol–water partition coefficient (Wildman–Crippen LogP) is 4.37. The molecule has 162 valence electrons. The van der Waals surface area contributed by atoms with Crippen LogP contribution in [0.25, 0.3) is 27.8 Å². The molecule has 0 spiro atoms. The zero-order valence-corrected chi connectivity index (χ0v) is 18.0. The van der Waals surface area contributed by atoms with Crippen LogP contribution in [0.1, 0.15) is 6.92 Å². The number of rotatable bonds is 4. The number of nitrogens with zero attached hydrogens (tertiary/aromatic N) is 5. The van der Waals surface area contributed by atoms with E-state index in [9.17, 15) is 4.79 Å². The molecule has 2 aromatic heterocycles. The minimum Gasteiger partial charge on any atom is -0.450 e. The Morgan fingerprint density at radius 3 is 2.31 bits per heavy atom. The number of piperazine rings is 1. The smallest absolute Gasteiger partial charge is 0.409 e. The molecule has 7 nitrogen and oxygen atoms in total. The van der Waals surface area contributed by atoms with Gasteiger partial charge < -0.3 is 19.1 Å². The second-order valence-electron chi connectivity index (χ2n) is 7.68. The van der Waals surface area contributed by atoms with Crippen molar-refractivity contribution in [3.63, 3.8) is 0 Å². The van der Waals surface area contributed by atoms with E-state index < -0.39 is 0 Å². The third-order valence-electron chi connectivity index (χ3n) is 5.79. The van der Waals surface area contributed by atoms with E-state index in [0.717, 1.165) is 33.7 Å². The first-order chi connectivity index (χ1) is 15.8. The molecule has 0 bridgehead atoms. The van der Waals surface area contributed by atoms with Crippen LogP contribution in [0.3, 0.4) is 0 Å². The van der Waals surface area contributed by atoms with Crippen molar-refractivity contribution in [2.24, 2.45) is 0 Å². The lowest BCUT2D eigenvalue weighted by Crippen LogP contribution is -2.49. The van der Waals surface area contributed by atoms with E-state index in [1.54, 1.807) is 11.2 Å². The molecule has 3 heterocycles. The highest BCUT2D eigenvalue weighted by Gasteiger charge is 2.26. The van der Waals surface area contributed by atoms with Crippen molar-refractivity contribution in [1.82, 2.24) is 19.4 Å². The van der Waals surface area contributed by atoms with Gasteiger partial charge in [0.15, 0.2) is 5.65 Å². The Bertz CT molecular complexity index is 1220. The number of fused-ring (bicyclic) bond motifs is 1. The molecule has 0 aliphatic carbocycles. The SMILES string of the molecule is CCOC(=O)N1CCN(c2ncnc3c2c(-c2ccccc2)cn3-c2ccccc2)CC1. The number of carbonyl (C=O) groups excluding carboxylic acids is 1. The van der Waals surface area contributed by atoms with Crippen LogP contribution in [0, 0.1) is 0 Å². The standard InChI is InChI=1S/C25H25N5O2/c1-2-32-25(31)29-15-13-28(14-16-29)23-22-21(19-9-5-3-6-10-19)17-30(24(22)27-18-26-23)20-11-7-4-8-12-20/h3-12,17-18H,2,13-16H2,1H3. The van der Waals surface area contributed by atoms with Gasteiger partial charge in [0.2, 0.25) is 0 Å². The highest BCUT2D eigenvalue weighted by molar-refractivity contribution is 6.02. The highest BCUT2D eigenvalue weighted by atomic mass is 16.6. The fourth-order valence-corrected chi connectivity index (χ4v) is 4.22. The van der Waals surface area contributed by atoms with Gasteiger partial charge in [-0.15, -0.1) is 0 Å². The summed E-state index contributed by atoms with van der Waals surface area (Å²) in [7, 11) is 0. The molecule has 0 unspecified atom stereocenters. The van der Waals surface area contributed by atoms with Gasteiger partial charge in [-0.1, -0.05) is 48.5 Å². The van der Waals surface area contributed by atoms with E-state index >= 15 is 0 Å². The molecule has 0 atom stereocenters. The third-order valence-corrected chi connectivity index (χ3v) is 5.79. The average molecular weight is 428 g/mol. The number of ether oxygens (including phenoxy) is 1. The summed E-state index contributed by atoms with van der Waals surface area (Å²) >= 11 is 0. The fourth-order valence-electron chi connectivity index (χ4n) is 4.22. The lowest BCUT2D eigenvalue weighted by atomic mass is 10.1. The molecule has 1 aliphatic rings. The summed E-state index contributed by atoms with van der Waals surface area (Å²) in [5, 5.41) is 1.02. The predicted molar refractivity (Wildman–Crippen MR) is 125 cm³/mol. The van der Waals surface area contributed by atoms with Crippen molar-refractivity contribution in [2.45, 2.75) is 6.92 Å². The average Bonchev–Trinajstić information content (AvgIpc) is 3.25. The minimum atomic E-state index is -0.250. The Hall–Kier alpha value is -3.87. The molecular formula is C25H25N5O2. The topological polar surface area (TPSA) is 63.5 Å². The van der Waals surface area contributed by atoms with Gasteiger partial charge in [0.1, 0.15) is 12.1 Å². The molecule has 1 saturated heterocycles. The number of benzene rings is 2. The molecule has 4 aromatic rings. The molecule has 7 heteroatoms. The second kappa shape index (κ2) is 8.70. The summed E-state index contributed by atoms with van der Waals surface area (Å²) in [5.74, 6) is 0.895. The maximum absolute atomic E-state index is 12.1. The summed E-state index contributed by atoms with van der Waals surface area (Å²) in [5.41, 5.74) is 4.13. The van der Waals surface area contributed by atoms with E-state index in [2.05, 4.69) is 44.9 Å². The first-order valence-electron chi connectivity index (χ1n) is 10.9. The summed E-state index contributed by atoms with van der Waals surface area (Å²) in [6, 6.07) is 20.6. The summed E-state index contributed by atoms with van der Waals surface area (Å²) in [6.45, 7) is 4.80. The first kappa shape index (κ1) is 20.1.